The van der Waals surface area contributed by atoms with Gasteiger partial charge in [-0.25, -0.2) is 0 Å². The van der Waals surface area contributed by atoms with Crippen LogP contribution >= 0.6 is 0 Å². The molecule has 0 aromatic carbocycles. The fraction of sp³-hybridized carbons (Fsp3) is 0.571. The van der Waals surface area contributed by atoms with Crippen LogP contribution in [0.5, 0.6) is 0 Å². The van der Waals surface area contributed by atoms with Crippen LogP contribution in [0.3, 0.4) is 0 Å². The molecule has 0 saturated heterocycles. The fourth-order valence-electron chi connectivity index (χ4n) is 1.47. The van der Waals surface area contributed by atoms with Crippen LogP contribution in [0.2, 0.25) is 0 Å². The lowest BCUT2D eigenvalue weighted by molar-refractivity contribution is 0.0774. The summed E-state index contributed by atoms with van der Waals surface area (Å²) in [5.41, 5.74) is 7.13. The second-order valence-corrected chi connectivity index (χ2v) is 5.79. The molecule has 0 aliphatic heterocycles. The normalized spacial score (nSPS) is 11.4. The first-order chi connectivity index (χ1) is 8.33. The topological polar surface area (TPSA) is 59.2 Å². The predicted octanol–water partition coefficient (Wildman–Crippen LogP) is 2.05. The molecule has 0 saturated carbocycles. The number of hydrogen-bond donors (Lipinski definition) is 1. The molecule has 0 unspecified atom stereocenters. The molecule has 2 N–H and O–H groups in total. The summed E-state index contributed by atoms with van der Waals surface area (Å²) in [5.74, 6) is -0.0391. The zero-order chi connectivity index (χ0) is 13.8. The molecular weight excluding hydrogens is 226 g/mol. The summed E-state index contributed by atoms with van der Waals surface area (Å²) < 4.78 is 0. The number of hydrogen-bond acceptors (Lipinski definition) is 3. The van der Waals surface area contributed by atoms with Gasteiger partial charge in [0.15, 0.2) is 0 Å². The minimum atomic E-state index is -0.0391. The zero-order valence-electron chi connectivity index (χ0n) is 11.7. The van der Waals surface area contributed by atoms with Gasteiger partial charge in [-0.1, -0.05) is 26.8 Å². The number of nitrogens with zero attached hydrogens (tertiary/aromatic N) is 2. The van der Waals surface area contributed by atoms with Gasteiger partial charge in [0.2, 0.25) is 0 Å². The van der Waals surface area contributed by atoms with E-state index in [9.17, 15) is 4.79 Å². The third kappa shape index (κ3) is 4.45. The highest BCUT2D eigenvalue weighted by Crippen LogP contribution is 2.18. The third-order valence-electron chi connectivity index (χ3n) is 2.82. The molecule has 100 valence electrons. The number of carbonyl (C=O) groups is 1. The van der Waals surface area contributed by atoms with E-state index in [-0.39, 0.29) is 11.3 Å². The Morgan fingerprint density at radius 1 is 1.39 bits per heavy atom. The van der Waals surface area contributed by atoms with E-state index < -0.39 is 0 Å². The van der Waals surface area contributed by atoms with Gasteiger partial charge < -0.3 is 10.6 Å². The summed E-state index contributed by atoms with van der Waals surface area (Å²) in [4.78, 5) is 18.0. The molecule has 1 aromatic heterocycles. The Hall–Kier alpha value is -1.42. The van der Waals surface area contributed by atoms with Gasteiger partial charge in [0.25, 0.3) is 5.91 Å². The molecule has 0 aliphatic carbocycles. The van der Waals surface area contributed by atoms with Crippen molar-refractivity contribution >= 4 is 5.91 Å². The van der Waals surface area contributed by atoms with Gasteiger partial charge in [0.05, 0.1) is 0 Å². The highest BCUT2D eigenvalue weighted by Gasteiger charge is 2.16. The second kappa shape index (κ2) is 5.96. The van der Waals surface area contributed by atoms with E-state index in [2.05, 4.69) is 25.8 Å². The van der Waals surface area contributed by atoms with Crippen LogP contribution in [0, 0.1) is 5.41 Å². The standard InChI is InChI=1S/C14H23N3O/c1-14(2,3)7-8-17(4)13(18)12-6-5-11(9-15)10-16-12/h5-6,10H,7-9,15H2,1-4H3. The van der Waals surface area contributed by atoms with Crippen LogP contribution in [-0.2, 0) is 6.54 Å². The van der Waals surface area contributed by atoms with Gasteiger partial charge in [0.1, 0.15) is 5.69 Å². The van der Waals surface area contributed by atoms with Gasteiger partial charge in [-0.05, 0) is 23.5 Å². The molecule has 4 heteroatoms. The van der Waals surface area contributed by atoms with Crippen molar-refractivity contribution in [3.05, 3.63) is 29.6 Å². The summed E-state index contributed by atoms with van der Waals surface area (Å²) >= 11 is 0. The molecule has 0 bridgehead atoms. The van der Waals surface area contributed by atoms with E-state index in [1.54, 1.807) is 17.2 Å². The van der Waals surface area contributed by atoms with E-state index in [0.29, 0.717) is 12.2 Å². The van der Waals surface area contributed by atoms with Gasteiger partial charge >= 0.3 is 0 Å². The van der Waals surface area contributed by atoms with Crippen molar-refractivity contribution in [3.8, 4) is 0 Å². The van der Waals surface area contributed by atoms with Crippen LogP contribution in [0.25, 0.3) is 0 Å². The molecule has 1 rings (SSSR count). The van der Waals surface area contributed by atoms with Crippen molar-refractivity contribution in [2.45, 2.75) is 33.7 Å². The van der Waals surface area contributed by atoms with Gasteiger partial charge in [0, 0.05) is 26.3 Å². The Morgan fingerprint density at radius 3 is 2.50 bits per heavy atom. The first kappa shape index (κ1) is 14.6. The Bertz CT molecular complexity index is 392. The Morgan fingerprint density at radius 2 is 2.06 bits per heavy atom. The minimum absolute atomic E-state index is 0.0391. The number of nitrogens with two attached hydrogens (primary N) is 1. The number of carbonyl (C=O) groups excluding carboxylic acids is 1. The molecule has 0 fully saturated rings. The lowest BCUT2D eigenvalue weighted by Gasteiger charge is -2.23. The monoisotopic (exact) mass is 249 g/mol. The summed E-state index contributed by atoms with van der Waals surface area (Å²) in [6.45, 7) is 7.68. The largest absolute Gasteiger partial charge is 0.340 e. The molecule has 1 amide bonds. The van der Waals surface area contributed by atoms with Crippen LogP contribution in [0.15, 0.2) is 18.3 Å². The number of pyridine rings is 1. The molecule has 0 atom stereocenters. The quantitative estimate of drug-likeness (QED) is 0.888. The highest BCUT2D eigenvalue weighted by atomic mass is 16.2. The minimum Gasteiger partial charge on any atom is -0.340 e. The van der Waals surface area contributed by atoms with Gasteiger partial charge in [-0.3, -0.25) is 9.78 Å². The molecule has 0 aliphatic rings. The first-order valence-corrected chi connectivity index (χ1v) is 6.24. The Labute approximate surface area is 109 Å². The average Bonchev–Trinajstić information content (AvgIpc) is 2.34. The van der Waals surface area contributed by atoms with Crippen LogP contribution < -0.4 is 5.73 Å². The Kier molecular flexibility index (Phi) is 4.84. The van der Waals surface area contributed by atoms with E-state index in [1.807, 2.05) is 13.1 Å². The van der Waals surface area contributed by atoms with E-state index in [0.717, 1.165) is 18.5 Å². The SMILES string of the molecule is CN(CCC(C)(C)C)C(=O)c1ccc(CN)cn1. The molecule has 4 nitrogen and oxygen atoms in total. The van der Waals surface area contributed by atoms with Gasteiger partial charge in [-0.15, -0.1) is 0 Å². The van der Waals surface area contributed by atoms with Gasteiger partial charge in [-0.2, -0.15) is 0 Å². The van der Waals surface area contributed by atoms with E-state index in [4.69, 9.17) is 5.73 Å². The summed E-state index contributed by atoms with van der Waals surface area (Å²) in [7, 11) is 1.81. The van der Waals surface area contributed by atoms with Crippen molar-refractivity contribution < 1.29 is 4.79 Å². The van der Waals surface area contributed by atoms with Crippen molar-refractivity contribution in [2.24, 2.45) is 11.1 Å². The summed E-state index contributed by atoms with van der Waals surface area (Å²) in [5, 5.41) is 0. The third-order valence-corrected chi connectivity index (χ3v) is 2.82. The maximum absolute atomic E-state index is 12.1. The highest BCUT2D eigenvalue weighted by molar-refractivity contribution is 5.92. The van der Waals surface area contributed by atoms with Crippen molar-refractivity contribution in [1.82, 2.24) is 9.88 Å². The Balaban J connectivity index is 2.62. The maximum atomic E-state index is 12.1. The van der Waals surface area contributed by atoms with Crippen LogP contribution in [-0.4, -0.2) is 29.4 Å². The van der Waals surface area contributed by atoms with Crippen LogP contribution in [0.4, 0.5) is 0 Å². The average molecular weight is 249 g/mol. The second-order valence-electron chi connectivity index (χ2n) is 5.79. The lowest BCUT2D eigenvalue weighted by atomic mass is 9.92. The smallest absolute Gasteiger partial charge is 0.272 e. The first-order valence-electron chi connectivity index (χ1n) is 6.24. The maximum Gasteiger partial charge on any atom is 0.272 e. The molecule has 1 heterocycles. The summed E-state index contributed by atoms with van der Waals surface area (Å²) in [6, 6.07) is 3.58. The lowest BCUT2D eigenvalue weighted by Crippen LogP contribution is -2.30. The zero-order valence-corrected chi connectivity index (χ0v) is 11.7. The van der Waals surface area contributed by atoms with Crippen molar-refractivity contribution in [2.75, 3.05) is 13.6 Å². The number of rotatable bonds is 4. The predicted molar refractivity (Wildman–Crippen MR) is 73.2 cm³/mol. The number of amides is 1. The summed E-state index contributed by atoms with van der Waals surface area (Å²) in [6.07, 6.45) is 2.63. The number of aromatic nitrogens is 1. The van der Waals surface area contributed by atoms with Crippen molar-refractivity contribution in [3.63, 3.8) is 0 Å². The van der Waals surface area contributed by atoms with E-state index >= 15 is 0 Å². The van der Waals surface area contributed by atoms with E-state index in [1.165, 1.54) is 0 Å². The van der Waals surface area contributed by atoms with Crippen molar-refractivity contribution in [1.29, 1.82) is 0 Å². The molecule has 1 aromatic rings. The molecular formula is C14H23N3O. The fourth-order valence-corrected chi connectivity index (χ4v) is 1.47. The molecule has 0 spiro atoms. The molecule has 18 heavy (non-hydrogen) atoms. The molecule has 0 radical (unpaired) electrons. The van der Waals surface area contributed by atoms with Crippen LogP contribution in [0.1, 0.15) is 43.2 Å².